The van der Waals surface area contributed by atoms with Crippen LogP contribution in [0.2, 0.25) is 0 Å². The minimum absolute atomic E-state index is 0. The van der Waals surface area contributed by atoms with E-state index >= 15 is 0 Å². The van der Waals surface area contributed by atoms with Crippen LogP contribution in [0.15, 0.2) is 63.9 Å². The van der Waals surface area contributed by atoms with Gasteiger partial charge >= 0.3 is 11.9 Å². The van der Waals surface area contributed by atoms with E-state index < -0.39 is 57.3 Å². The average molecular weight is 716 g/mol. The lowest BCUT2D eigenvalue weighted by molar-refractivity contribution is -0.723. The highest BCUT2D eigenvalue weighted by Crippen LogP contribution is 2.36. The van der Waals surface area contributed by atoms with Gasteiger partial charge in [0.2, 0.25) is 10.6 Å². The van der Waals surface area contributed by atoms with E-state index in [1.165, 1.54) is 31.0 Å². The summed E-state index contributed by atoms with van der Waals surface area (Å²) < 4.78 is 15.2. The molecule has 230 valence electrons. The largest absolute Gasteiger partial charge is 1.00 e. The molecule has 4 rings (SSSR count). The monoisotopic (exact) mass is 714 g/mol. The number of nitrogens with two attached hydrogens (primary N) is 1. The Kier molecular flexibility index (Phi) is 10.9. The van der Waals surface area contributed by atoms with Crippen molar-refractivity contribution in [3.63, 3.8) is 0 Å². The van der Waals surface area contributed by atoms with Crippen molar-refractivity contribution >= 4 is 68.5 Å². The predicted molar refractivity (Wildman–Crippen MR) is 154 cm³/mol. The van der Waals surface area contributed by atoms with E-state index in [1.54, 1.807) is 6.08 Å². The fourth-order valence-corrected chi connectivity index (χ4v) is 7.42. The zero-order chi connectivity index (χ0) is 30.8. The maximum absolute atomic E-state index is 13.3. The predicted octanol–water partition coefficient (Wildman–Crippen LogP) is -2.67. The van der Waals surface area contributed by atoms with Gasteiger partial charge in [0, 0.05) is 23.3 Å². The number of carbonyl (C=O) groups is 4. The lowest BCUT2D eigenvalue weighted by Gasteiger charge is -2.49. The van der Waals surface area contributed by atoms with Gasteiger partial charge in [-0.2, -0.15) is 4.57 Å². The van der Waals surface area contributed by atoms with Gasteiger partial charge in [-0.15, -0.1) is 11.3 Å². The van der Waals surface area contributed by atoms with Crippen molar-refractivity contribution in [2.24, 2.45) is 5.16 Å². The summed E-state index contributed by atoms with van der Waals surface area (Å²) in [5.41, 5.74) is 3.41. The molecule has 0 radical (unpaired) electrons. The van der Waals surface area contributed by atoms with Gasteiger partial charge in [0.1, 0.15) is 22.8 Å². The molecule has 0 spiro atoms. The number of halogens is 1. The van der Waals surface area contributed by atoms with E-state index in [1.807, 2.05) is 29.0 Å². The van der Waals surface area contributed by atoms with Crippen molar-refractivity contribution in [1.29, 1.82) is 0 Å². The molecule has 0 aliphatic carbocycles. The molecule has 1 saturated heterocycles. The Bertz CT molecular complexity index is 1560. The SMILES string of the molecule is C=CC[n+]1ccccc1SCC1=C(C(=O)O)N2C(=O)C(NC(=O)/C(=N\OC(C)(C)C(=O)O)c3csc(N)n3)C2S(=O)C1.[Br-]. The smallest absolute Gasteiger partial charge is 0.352 e. The van der Waals surface area contributed by atoms with Gasteiger partial charge < -0.3 is 43.1 Å². The van der Waals surface area contributed by atoms with Gasteiger partial charge in [-0.3, -0.25) is 18.7 Å². The van der Waals surface area contributed by atoms with E-state index in [-0.39, 0.29) is 45.0 Å². The molecule has 2 aliphatic rings. The number of aliphatic carboxylic acids is 2. The maximum atomic E-state index is 13.3. The third-order valence-electron chi connectivity index (χ3n) is 6.17. The van der Waals surface area contributed by atoms with Crippen LogP contribution in [0.5, 0.6) is 0 Å². The van der Waals surface area contributed by atoms with Crippen molar-refractivity contribution in [2.75, 3.05) is 17.2 Å². The third-order valence-corrected chi connectivity index (χ3v) is 9.66. The van der Waals surface area contributed by atoms with Crippen molar-refractivity contribution in [3.05, 3.63) is 59.4 Å². The number of carboxylic acids is 2. The summed E-state index contributed by atoms with van der Waals surface area (Å²) >= 11 is 2.32. The summed E-state index contributed by atoms with van der Waals surface area (Å²) in [6.07, 6.45) is 3.57. The molecule has 0 bridgehead atoms. The zero-order valence-corrected chi connectivity index (χ0v) is 26.8. The number of oxime groups is 1. The first-order valence-corrected chi connectivity index (χ1v) is 15.5. The van der Waals surface area contributed by atoms with Crippen molar-refractivity contribution in [1.82, 2.24) is 15.2 Å². The summed E-state index contributed by atoms with van der Waals surface area (Å²) in [6.45, 7) is 6.70. The standard InChI is InChI=1S/C25H26N6O8S3.BrH/c1-4-8-30-9-6-5-7-15(30)40-10-13-12-42(38)21-17(20(33)31(21)18(13)22(34)35)28-19(32)16(14-11-41-24(26)27-14)29-39-25(2,3)23(36)37;/h4-7,9,11,17,21H,1,8,10,12H2,2-3H3,(H4-,26,27,28,32,34,35,36,37);1H/b29-16-;. The van der Waals surface area contributed by atoms with Crippen LogP contribution in [0, 0.1) is 0 Å². The van der Waals surface area contributed by atoms with Gasteiger partial charge in [0.15, 0.2) is 23.6 Å². The van der Waals surface area contributed by atoms with Gasteiger partial charge in [-0.05, 0) is 31.6 Å². The number of thioether (sulfide) groups is 1. The Morgan fingerprint density at radius 3 is 2.72 bits per heavy atom. The fraction of sp³-hybridized carbons (Fsp3) is 0.320. The molecule has 0 saturated carbocycles. The zero-order valence-electron chi connectivity index (χ0n) is 22.8. The summed E-state index contributed by atoms with van der Waals surface area (Å²) in [7, 11) is -1.76. The molecule has 43 heavy (non-hydrogen) atoms. The number of β-lactam (4-membered cyclic amide) rings is 1. The Labute approximate surface area is 266 Å². The molecule has 3 unspecified atom stereocenters. The van der Waals surface area contributed by atoms with Crippen LogP contribution in [-0.2, 0) is 41.4 Å². The minimum atomic E-state index is -1.80. The Morgan fingerprint density at radius 1 is 1.40 bits per heavy atom. The second-order valence-corrected chi connectivity index (χ2v) is 12.9. The summed E-state index contributed by atoms with van der Waals surface area (Å²) in [5, 5.41) is 26.6. The third kappa shape index (κ3) is 7.14. The second kappa shape index (κ2) is 13.8. The van der Waals surface area contributed by atoms with Crippen LogP contribution < -0.4 is 32.6 Å². The first-order chi connectivity index (χ1) is 19.9. The lowest BCUT2D eigenvalue weighted by Crippen LogP contribution is -3.00. The highest BCUT2D eigenvalue weighted by atomic mass is 79.9. The van der Waals surface area contributed by atoms with Crippen molar-refractivity contribution < 1.29 is 60.0 Å². The molecule has 5 N–H and O–H groups in total. The second-order valence-electron chi connectivity index (χ2n) is 9.52. The average Bonchev–Trinajstić information content (AvgIpc) is 3.36. The van der Waals surface area contributed by atoms with E-state index in [9.17, 15) is 33.6 Å². The number of carboxylic acid groups (broad SMARTS) is 2. The van der Waals surface area contributed by atoms with E-state index in [2.05, 4.69) is 22.0 Å². The molecule has 14 nitrogen and oxygen atoms in total. The Morgan fingerprint density at radius 2 is 2.12 bits per heavy atom. The number of fused-ring (bicyclic) bond motifs is 1. The number of rotatable bonds is 12. The van der Waals surface area contributed by atoms with Gasteiger partial charge in [0.05, 0.1) is 16.6 Å². The number of aromatic nitrogens is 2. The minimum Gasteiger partial charge on any atom is -1.00 e. The molecule has 2 aromatic heterocycles. The number of nitrogen functional groups attached to an aromatic ring is 1. The number of carbonyl (C=O) groups excluding carboxylic acids is 2. The lowest BCUT2D eigenvalue weighted by atomic mass is 10.0. The van der Waals surface area contributed by atoms with Crippen LogP contribution in [-0.4, -0.2) is 82.3 Å². The molecule has 2 aromatic rings. The van der Waals surface area contributed by atoms with Crippen molar-refractivity contribution in [2.45, 2.75) is 42.4 Å². The number of amides is 2. The van der Waals surface area contributed by atoms with Crippen LogP contribution in [0.3, 0.4) is 0 Å². The van der Waals surface area contributed by atoms with E-state index in [0.29, 0.717) is 12.1 Å². The summed E-state index contributed by atoms with van der Waals surface area (Å²) in [6, 6.07) is 4.20. The molecule has 4 heterocycles. The topological polar surface area (TPSA) is 205 Å². The number of thiazole rings is 1. The van der Waals surface area contributed by atoms with Gasteiger partial charge in [-0.25, -0.2) is 14.6 Å². The van der Waals surface area contributed by atoms with E-state index in [0.717, 1.165) is 21.3 Å². The molecular formula is C25H27BrN6O8S3. The van der Waals surface area contributed by atoms with Crippen LogP contribution >= 0.6 is 23.1 Å². The number of anilines is 1. The summed E-state index contributed by atoms with van der Waals surface area (Å²) in [4.78, 5) is 60.1. The van der Waals surface area contributed by atoms with Crippen LogP contribution in [0.1, 0.15) is 19.5 Å². The number of pyridine rings is 1. The number of hydrogen-bond acceptors (Lipinski definition) is 11. The van der Waals surface area contributed by atoms with Crippen molar-refractivity contribution in [3.8, 4) is 0 Å². The number of hydrogen-bond donors (Lipinski definition) is 4. The van der Waals surface area contributed by atoms with Crippen LogP contribution in [0.25, 0.3) is 0 Å². The molecule has 18 heteroatoms. The van der Waals surface area contributed by atoms with Gasteiger partial charge in [-0.1, -0.05) is 23.5 Å². The Balaban J connectivity index is 0.00000506. The number of nitrogens with one attached hydrogen (secondary N) is 1. The summed E-state index contributed by atoms with van der Waals surface area (Å²) in [5.74, 6) is -4.41. The first kappa shape index (κ1) is 33.9. The fourth-order valence-electron chi connectivity index (χ4n) is 4.02. The Hall–Kier alpha value is -3.61. The maximum Gasteiger partial charge on any atom is 0.352 e. The highest BCUT2D eigenvalue weighted by Gasteiger charge is 2.57. The molecule has 1 fully saturated rings. The van der Waals surface area contributed by atoms with Crippen LogP contribution in [0.4, 0.5) is 5.13 Å². The molecular weight excluding hydrogens is 688 g/mol. The van der Waals surface area contributed by atoms with E-state index in [4.69, 9.17) is 10.6 Å². The molecule has 2 aliphatic heterocycles. The quantitative estimate of drug-likeness (QED) is 0.0446. The molecule has 0 aromatic carbocycles. The van der Waals surface area contributed by atoms with Gasteiger partial charge in [0.25, 0.3) is 11.8 Å². The molecule has 2 amide bonds. The first-order valence-electron chi connectivity index (χ1n) is 12.2. The molecule has 3 atom stereocenters. The highest BCUT2D eigenvalue weighted by molar-refractivity contribution is 7.99. The normalized spacial score (nSPS) is 20.0. The number of allylic oxidation sites excluding steroid dienone is 1. The number of nitrogens with zero attached hydrogens (tertiary/aromatic N) is 4.